The van der Waals surface area contributed by atoms with Crippen molar-refractivity contribution in [3.8, 4) is 11.5 Å². The molecule has 1 aromatic carbocycles. The second-order valence-electron chi connectivity index (χ2n) is 4.84. The molecule has 1 heterocycles. The molecule has 1 aromatic rings. The Kier molecular flexibility index (Phi) is 5.89. The lowest BCUT2D eigenvalue weighted by Crippen LogP contribution is -2.31. The van der Waals surface area contributed by atoms with Gasteiger partial charge in [-0.15, -0.1) is 0 Å². The van der Waals surface area contributed by atoms with E-state index in [9.17, 15) is 9.59 Å². The summed E-state index contributed by atoms with van der Waals surface area (Å²) in [4.78, 5) is 24.0. The molecule has 8 nitrogen and oxygen atoms in total. The molecule has 0 saturated carbocycles. The highest BCUT2D eigenvalue weighted by Gasteiger charge is 2.23. The highest BCUT2D eigenvalue weighted by molar-refractivity contribution is 5.96. The molecule has 0 bridgehead atoms. The molecule has 0 aliphatic carbocycles. The number of hydrogen-bond acceptors (Lipinski definition) is 7. The molecule has 1 unspecified atom stereocenters. The smallest absolute Gasteiger partial charge is 0.377 e. The zero-order valence-corrected chi connectivity index (χ0v) is 13.7. The Balaban J connectivity index is 1.98. The fourth-order valence-corrected chi connectivity index (χ4v) is 1.87. The monoisotopic (exact) mass is 337 g/mol. The Bertz CT molecular complexity index is 619. The van der Waals surface area contributed by atoms with Gasteiger partial charge >= 0.3 is 5.97 Å². The van der Waals surface area contributed by atoms with E-state index in [1.165, 1.54) is 27.4 Å². The predicted octanol–water partition coefficient (Wildman–Crippen LogP) is 1.46. The summed E-state index contributed by atoms with van der Waals surface area (Å²) in [6, 6.07) is 4.91. The summed E-state index contributed by atoms with van der Waals surface area (Å²) >= 11 is 0. The number of methoxy groups -OCH3 is 2. The second-order valence-corrected chi connectivity index (χ2v) is 4.84. The fourth-order valence-electron chi connectivity index (χ4n) is 1.87. The molecule has 24 heavy (non-hydrogen) atoms. The third-order valence-electron chi connectivity index (χ3n) is 3.12. The first-order valence-electron chi connectivity index (χ1n) is 7.23. The Labute approximate surface area is 139 Å². The summed E-state index contributed by atoms with van der Waals surface area (Å²) in [5.74, 6) is -0.292. The van der Waals surface area contributed by atoms with Gasteiger partial charge in [0.25, 0.3) is 5.91 Å². The lowest BCUT2D eigenvalue weighted by atomic mass is 10.2. The summed E-state index contributed by atoms with van der Waals surface area (Å²) < 4.78 is 25.4. The molecule has 2 rings (SSSR count). The van der Waals surface area contributed by atoms with Gasteiger partial charge in [-0.3, -0.25) is 4.79 Å². The molecule has 0 spiro atoms. The van der Waals surface area contributed by atoms with Gasteiger partial charge in [0.05, 0.1) is 14.2 Å². The highest BCUT2D eigenvalue weighted by atomic mass is 16.6. The molecule has 8 heteroatoms. The van der Waals surface area contributed by atoms with Gasteiger partial charge in [-0.25, -0.2) is 4.79 Å². The van der Waals surface area contributed by atoms with Gasteiger partial charge in [0.15, 0.2) is 6.10 Å². The van der Waals surface area contributed by atoms with Crippen LogP contribution in [0.2, 0.25) is 0 Å². The van der Waals surface area contributed by atoms with Crippen LogP contribution in [-0.2, 0) is 23.8 Å². The van der Waals surface area contributed by atoms with E-state index >= 15 is 0 Å². The average molecular weight is 337 g/mol. The fraction of sp³-hybridized carbons (Fsp3) is 0.375. The maximum atomic E-state index is 12.2. The number of ether oxygens (including phenoxy) is 5. The minimum Gasteiger partial charge on any atom is -0.497 e. The zero-order valence-electron chi connectivity index (χ0n) is 13.7. The van der Waals surface area contributed by atoms with Crippen LogP contribution in [0.3, 0.4) is 0 Å². The molecule has 1 aliphatic rings. The Morgan fingerprint density at radius 1 is 1.12 bits per heavy atom. The topological polar surface area (TPSA) is 92.3 Å². The van der Waals surface area contributed by atoms with Gasteiger partial charge in [-0.1, -0.05) is 0 Å². The Morgan fingerprint density at radius 2 is 1.79 bits per heavy atom. The van der Waals surface area contributed by atoms with E-state index in [0.717, 1.165) is 0 Å². The molecule has 1 atom stereocenters. The van der Waals surface area contributed by atoms with Crippen molar-refractivity contribution < 1.29 is 33.3 Å². The van der Waals surface area contributed by atoms with Crippen molar-refractivity contribution in [3.63, 3.8) is 0 Å². The maximum absolute atomic E-state index is 12.2. The third kappa shape index (κ3) is 4.55. The first-order valence-corrected chi connectivity index (χ1v) is 7.23. The van der Waals surface area contributed by atoms with Gasteiger partial charge in [0.2, 0.25) is 5.76 Å². The van der Waals surface area contributed by atoms with Crippen LogP contribution in [0.5, 0.6) is 11.5 Å². The molecule has 1 aliphatic heterocycles. The summed E-state index contributed by atoms with van der Waals surface area (Å²) in [5, 5.41) is 2.63. The van der Waals surface area contributed by atoms with E-state index in [1.54, 1.807) is 18.2 Å². The predicted molar refractivity (Wildman–Crippen MR) is 83.7 cm³/mol. The number of hydrogen-bond donors (Lipinski definition) is 1. The molecule has 0 fully saturated rings. The molecule has 1 N–H and O–H groups in total. The number of benzene rings is 1. The van der Waals surface area contributed by atoms with Crippen LogP contribution < -0.4 is 14.8 Å². The van der Waals surface area contributed by atoms with E-state index < -0.39 is 18.0 Å². The third-order valence-corrected chi connectivity index (χ3v) is 3.12. The number of nitrogens with one attached hydrogen (secondary N) is 1. The number of rotatable bonds is 6. The lowest BCUT2D eigenvalue weighted by molar-refractivity contribution is -0.153. The Hall–Kier alpha value is -2.90. The molecule has 0 radical (unpaired) electrons. The largest absolute Gasteiger partial charge is 0.497 e. The number of esters is 1. The van der Waals surface area contributed by atoms with E-state index in [1.807, 2.05) is 0 Å². The summed E-state index contributed by atoms with van der Waals surface area (Å²) in [6.45, 7) is 2.07. The normalized spacial score (nSPS) is 14.4. The highest BCUT2D eigenvalue weighted by Crippen LogP contribution is 2.26. The summed E-state index contributed by atoms with van der Waals surface area (Å²) in [7, 11) is 3.01. The maximum Gasteiger partial charge on any atom is 0.377 e. The van der Waals surface area contributed by atoms with Crippen LogP contribution in [0.4, 0.5) is 5.69 Å². The number of anilines is 1. The average Bonchev–Trinajstić information content (AvgIpc) is 2.61. The second kappa shape index (κ2) is 8.09. The van der Waals surface area contributed by atoms with Crippen molar-refractivity contribution in [3.05, 3.63) is 30.2 Å². The van der Waals surface area contributed by atoms with Gasteiger partial charge in [0.1, 0.15) is 31.0 Å². The van der Waals surface area contributed by atoms with Crippen molar-refractivity contribution in [2.75, 3.05) is 32.8 Å². The number of carbonyl (C=O) groups is 2. The molecular weight excluding hydrogens is 318 g/mol. The molecule has 0 aromatic heterocycles. The quantitative estimate of drug-likeness (QED) is 0.786. The Morgan fingerprint density at radius 3 is 2.33 bits per heavy atom. The molecule has 0 saturated heterocycles. The van der Waals surface area contributed by atoms with E-state index in [-0.39, 0.29) is 12.4 Å². The minimum absolute atomic E-state index is 0.0658. The van der Waals surface area contributed by atoms with Crippen LogP contribution in [-0.4, -0.2) is 45.4 Å². The van der Waals surface area contributed by atoms with Gasteiger partial charge in [-0.2, -0.15) is 0 Å². The summed E-state index contributed by atoms with van der Waals surface area (Å²) in [6.07, 6.45) is 0.143. The standard InChI is InChI=1S/C16H19NO7/c1-10(24-16(19)14-9-22-4-5-23-14)15(18)17-11-6-12(20-2)8-13(7-11)21-3/h6-10H,4-5H2,1-3H3,(H,17,18). The van der Waals surface area contributed by atoms with Gasteiger partial charge < -0.3 is 29.0 Å². The van der Waals surface area contributed by atoms with E-state index in [0.29, 0.717) is 23.8 Å². The van der Waals surface area contributed by atoms with E-state index in [2.05, 4.69) is 5.32 Å². The van der Waals surface area contributed by atoms with Crippen LogP contribution in [0, 0.1) is 0 Å². The van der Waals surface area contributed by atoms with E-state index in [4.69, 9.17) is 23.7 Å². The van der Waals surface area contributed by atoms with Crippen LogP contribution in [0.1, 0.15) is 6.92 Å². The summed E-state index contributed by atoms with van der Waals surface area (Å²) in [5.41, 5.74) is 0.454. The van der Waals surface area contributed by atoms with Crippen LogP contribution in [0.15, 0.2) is 30.2 Å². The van der Waals surface area contributed by atoms with Crippen molar-refractivity contribution in [1.82, 2.24) is 0 Å². The van der Waals surface area contributed by atoms with Crippen LogP contribution in [0.25, 0.3) is 0 Å². The van der Waals surface area contributed by atoms with Gasteiger partial charge in [-0.05, 0) is 6.92 Å². The SMILES string of the molecule is COc1cc(NC(=O)C(C)OC(=O)C2=COCCO2)cc(OC)c1. The molecule has 130 valence electrons. The van der Waals surface area contributed by atoms with Crippen molar-refractivity contribution in [2.45, 2.75) is 13.0 Å². The number of carbonyl (C=O) groups excluding carboxylic acids is 2. The first-order chi connectivity index (χ1) is 11.5. The molecular formula is C16H19NO7. The zero-order chi connectivity index (χ0) is 17.5. The van der Waals surface area contributed by atoms with Crippen molar-refractivity contribution in [1.29, 1.82) is 0 Å². The minimum atomic E-state index is -1.03. The lowest BCUT2D eigenvalue weighted by Gasteiger charge is -2.17. The van der Waals surface area contributed by atoms with Gasteiger partial charge in [0, 0.05) is 23.9 Å². The number of amides is 1. The van der Waals surface area contributed by atoms with Crippen LogP contribution >= 0.6 is 0 Å². The van der Waals surface area contributed by atoms with Crippen molar-refractivity contribution in [2.24, 2.45) is 0 Å². The molecule has 1 amide bonds. The van der Waals surface area contributed by atoms with Crippen molar-refractivity contribution >= 4 is 17.6 Å². The first kappa shape index (κ1) is 17.5.